The summed E-state index contributed by atoms with van der Waals surface area (Å²) in [6.45, 7) is 1.43. The van der Waals surface area contributed by atoms with Crippen LogP contribution in [0.2, 0.25) is 0 Å². The summed E-state index contributed by atoms with van der Waals surface area (Å²) in [4.78, 5) is 16.3. The number of hydrogen-bond acceptors (Lipinski definition) is 3. The van der Waals surface area contributed by atoms with Gasteiger partial charge in [0.1, 0.15) is 0 Å². The fourth-order valence-electron chi connectivity index (χ4n) is 2.49. The lowest BCUT2D eigenvalue weighted by molar-refractivity contribution is -0.120. The molecule has 1 aromatic rings. The van der Waals surface area contributed by atoms with E-state index in [0.29, 0.717) is 12.6 Å². The predicted octanol–water partition coefficient (Wildman–Crippen LogP) is 1.89. The molecule has 0 atom stereocenters. The maximum Gasteiger partial charge on any atom is 0.240 e. The second-order valence-corrected chi connectivity index (χ2v) is 5.42. The summed E-state index contributed by atoms with van der Waals surface area (Å²) in [7, 11) is 1.82. The molecule has 1 aliphatic carbocycles. The average molecular weight is 276 g/mol. The minimum Gasteiger partial charge on any atom is -0.396 e. The molecule has 2 rings (SSSR count). The first-order valence-electron chi connectivity index (χ1n) is 7.39. The van der Waals surface area contributed by atoms with Crippen LogP contribution in [0.4, 0.5) is 5.69 Å². The van der Waals surface area contributed by atoms with Crippen LogP contribution < -0.4 is 4.90 Å². The third-order valence-electron chi connectivity index (χ3n) is 4.05. The highest BCUT2D eigenvalue weighted by Crippen LogP contribution is 2.25. The van der Waals surface area contributed by atoms with Gasteiger partial charge in [0.15, 0.2) is 0 Å². The SMILES string of the molecule is CN(C(=O)CN(CCCO)C1CCC1)c1ccccc1. The second-order valence-electron chi connectivity index (χ2n) is 5.42. The van der Waals surface area contributed by atoms with Crippen LogP contribution in [0, 0.1) is 0 Å². The lowest BCUT2D eigenvalue weighted by Crippen LogP contribution is -2.47. The van der Waals surface area contributed by atoms with E-state index in [2.05, 4.69) is 4.90 Å². The Hall–Kier alpha value is -1.39. The van der Waals surface area contributed by atoms with Crippen molar-refractivity contribution in [3.8, 4) is 0 Å². The molecule has 4 heteroatoms. The van der Waals surface area contributed by atoms with Gasteiger partial charge in [-0.15, -0.1) is 0 Å². The normalized spacial score (nSPS) is 15.2. The van der Waals surface area contributed by atoms with Crippen molar-refractivity contribution in [3.05, 3.63) is 30.3 Å². The number of carbonyl (C=O) groups excluding carboxylic acids is 1. The smallest absolute Gasteiger partial charge is 0.240 e. The van der Waals surface area contributed by atoms with Crippen LogP contribution >= 0.6 is 0 Å². The summed E-state index contributed by atoms with van der Waals surface area (Å²) in [6.07, 6.45) is 4.34. The quantitative estimate of drug-likeness (QED) is 0.827. The summed E-state index contributed by atoms with van der Waals surface area (Å²) in [5.41, 5.74) is 0.924. The Morgan fingerprint density at radius 2 is 2.00 bits per heavy atom. The Balaban J connectivity index is 1.93. The van der Waals surface area contributed by atoms with Gasteiger partial charge in [0.25, 0.3) is 0 Å². The topological polar surface area (TPSA) is 43.8 Å². The zero-order valence-corrected chi connectivity index (χ0v) is 12.2. The Kier molecular flexibility index (Phi) is 5.56. The molecule has 0 aromatic heterocycles. The van der Waals surface area contributed by atoms with Gasteiger partial charge >= 0.3 is 0 Å². The highest BCUT2D eigenvalue weighted by atomic mass is 16.3. The monoisotopic (exact) mass is 276 g/mol. The third-order valence-corrected chi connectivity index (χ3v) is 4.05. The van der Waals surface area contributed by atoms with E-state index >= 15 is 0 Å². The molecule has 0 unspecified atom stereocenters. The number of amides is 1. The van der Waals surface area contributed by atoms with Crippen molar-refractivity contribution in [2.24, 2.45) is 0 Å². The maximum absolute atomic E-state index is 12.4. The fourth-order valence-corrected chi connectivity index (χ4v) is 2.49. The number of rotatable bonds is 7. The van der Waals surface area contributed by atoms with E-state index in [1.807, 2.05) is 37.4 Å². The van der Waals surface area contributed by atoms with E-state index in [1.54, 1.807) is 4.90 Å². The molecule has 0 bridgehead atoms. The Morgan fingerprint density at radius 3 is 2.55 bits per heavy atom. The molecule has 4 nitrogen and oxygen atoms in total. The van der Waals surface area contributed by atoms with Gasteiger partial charge in [-0.1, -0.05) is 24.6 Å². The lowest BCUT2D eigenvalue weighted by atomic mass is 9.91. The van der Waals surface area contributed by atoms with Gasteiger partial charge in [-0.2, -0.15) is 0 Å². The van der Waals surface area contributed by atoms with Crippen molar-refractivity contribution in [1.82, 2.24) is 4.90 Å². The van der Waals surface area contributed by atoms with Crippen LogP contribution in [0.15, 0.2) is 30.3 Å². The van der Waals surface area contributed by atoms with Gasteiger partial charge in [-0.25, -0.2) is 0 Å². The minimum atomic E-state index is 0.112. The van der Waals surface area contributed by atoms with Crippen molar-refractivity contribution >= 4 is 11.6 Å². The Labute approximate surface area is 121 Å². The molecule has 0 aliphatic heterocycles. The van der Waals surface area contributed by atoms with E-state index < -0.39 is 0 Å². The van der Waals surface area contributed by atoms with E-state index in [1.165, 1.54) is 19.3 Å². The molecule has 0 saturated heterocycles. The van der Waals surface area contributed by atoms with Crippen molar-refractivity contribution in [2.75, 3.05) is 31.6 Å². The number of aliphatic hydroxyl groups is 1. The highest BCUT2D eigenvalue weighted by molar-refractivity contribution is 5.94. The van der Waals surface area contributed by atoms with E-state index in [4.69, 9.17) is 5.11 Å². The van der Waals surface area contributed by atoms with Crippen LogP contribution in [0.3, 0.4) is 0 Å². The number of hydrogen-bond donors (Lipinski definition) is 1. The van der Waals surface area contributed by atoms with Crippen molar-refractivity contribution in [1.29, 1.82) is 0 Å². The van der Waals surface area contributed by atoms with Crippen LogP contribution in [0.25, 0.3) is 0 Å². The molecule has 20 heavy (non-hydrogen) atoms. The van der Waals surface area contributed by atoms with Crippen LogP contribution in [-0.2, 0) is 4.79 Å². The van der Waals surface area contributed by atoms with Crippen LogP contribution in [0.1, 0.15) is 25.7 Å². The molecule has 0 radical (unpaired) electrons. The Morgan fingerprint density at radius 1 is 1.30 bits per heavy atom. The van der Waals surface area contributed by atoms with Crippen molar-refractivity contribution in [2.45, 2.75) is 31.7 Å². The summed E-state index contributed by atoms with van der Waals surface area (Å²) in [5, 5.41) is 8.99. The van der Waals surface area contributed by atoms with Crippen molar-refractivity contribution < 1.29 is 9.90 Å². The second kappa shape index (κ2) is 7.41. The predicted molar refractivity (Wildman–Crippen MR) is 80.8 cm³/mol. The maximum atomic E-state index is 12.4. The van der Waals surface area contributed by atoms with Crippen molar-refractivity contribution in [3.63, 3.8) is 0 Å². The molecule has 110 valence electrons. The molecule has 1 N–H and O–H groups in total. The van der Waals surface area contributed by atoms with Gasteiger partial charge in [-0.05, 0) is 31.4 Å². The molecular weight excluding hydrogens is 252 g/mol. The number of nitrogens with zero attached hydrogens (tertiary/aromatic N) is 2. The lowest BCUT2D eigenvalue weighted by Gasteiger charge is -2.37. The van der Waals surface area contributed by atoms with Gasteiger partial charge in [0, 0.05) is 31.9 Å². The van der Waals surface area contributed by atoms with Crippen LogP contribution in [-0.4, -0.2) is 48.7 Å². The molecule has 1 amide bonds. The highest BCUT2D eigenvalue weighted by Gasteiger charge is 2.27. The average Bonchev–Trinajstić information content (AvgIpc) is 2.42. The van der Waals surface area contributed by atoms with Crippen LogP contribution in [0.5, 0.6) is 0 Å². The molecule has 1 fully saturated rings. The van der Waals surface area contributed by atoms with Gasteiger partial charge < -0.3 is 10.0 Å². The van der Waals surface area contributed by atoms with E-state index in [9.17, 15) is 4.79 Å². The number of anilines is 1. The van der Waals surface area contributed by atoms with Gasteiger partial charge in [0.2, 0.25) is 5.91 Å². The summed E-state index contributed by atoms with van der Waals surface area (Å²) < 4.78 is 0. The van der Waals surface area contributed by atoms with Gasteiger partial charge in [-0.3, -0.25) is 9.69 Å². The van der Waals surface area contributed by atoms with E-state index in [-0.39, 0.29) is 12.5 Å². The van der Waals surface area contributed by atoms with E-state index in [0.717, 1.165) is 18.7 Å². The zero-order chi connectivity index (χ0) is 14.4. The van der Waals surface area contributed by atoms with Gasteiger partial charge in [0.05, 0.1) is 6.54 Å². The fraction of sp³-hybridized carbons (Fsp3) is 0.562. The summed E-state index contributed by atoms with van der Waals surface area (Å²) >= 11 is 0. The number of aliphatic hydroxyl groups excluding tert-OH is 1. The number of carbonyl (C=O) groups is 1. The zero-order valence-electron chi connectivity index (χ0n) is 12.2. The first kappa shape index (κ1) is 15.0. The molecule has 1 saturated carbocycles. The summed E-state index contributed by atoms with van der Waals surface area (Å²) in [6, 6.07) is 10.2. The molecule has 1 aliphatic rings. The molecule has 0 spiro atoms. The summed E-state index contributed by atoms with van der Waals surface area (Å²) in [5.74, 6) is 0.112. The third kappa shape index (κ3) is 3.81. The minimum absolute atomic E-state index is 0.112. The number of para-hydroxylation sites is 1. The number of likely N-dealkylation sites (N-methyl/N-ethyl adjacent to an activating group) is 1. The molecule has 0 heterocycles. The number of benzene rings is 1. The Bertz CT molecular complexity index is 418. The molecule has 1 aromatic carbocycles. The molecular formula is C16H24N2O2. The first-order valence-corrected chi connectivity index (χ1v) is 7.39. The first-order chi connectivity index (χ1) is 9.72. The largest absolute Gasteiger partial charge is 0.396 e. The standard InChI is InChI=1S/C16H24N2O2/c1-17(14-7-3-2-4-8-14)16(20)13-18(11-6-12-19)15-9-5-10-15/h2-4,7-8,15,19H,5-6,9-13H2,1H3.